The predicted molar refractivity (Wildman–Crippen MR) is 234 cm³/mol. The maximum absolute atomic E-state index is 6.66. The van der Waals surface area contributed by atoms with Crippen molar-refractivity contribution in [3.05, 3.63) is 194 Å². The molecule has 0 unspecified atom stereocenters. The van der Waals surface area contributed by atoms with Gasteiger partial charge in [0.2, 0.25) is 0 Å². The third-order valence-corrected chi connectivity index (χ3v) is 11.6. The van der Waals surface area contributed by atoms with Crippen LogP contribution < -0.4 is 0 Å². The number of hydrogen-bond donors (Lipinski definition) is 0. The number of aromatic nitrogens is 2. The van der Waals surface area contributed by atoms with E-state index < -0.39 is 0 Å². The Kier molecular flexibility index (Phi) is 6.63. The molecule has 0 aliphatic carbocycles. The zero-order valence-corrected chi connectivity index (χ0v) is 30.3. The van der Waals surface area contributed by atoms with E-state index in [2.05, 4.69) is 192 Å². The van der Waals surface area contributed by atoms with Crippen LogP contribution in [0.1, 0.15) is 0 Å². The molecule has 0 aliphatic rings. The average Bonchev–Trinajstić information content (AvgIpc) is 3.85. The Morgan fingerprint density at radius 1 is 0.357 bits per heavy atom. The Morgan fingerprint density at radius 2 is 0.821 bits per heavy atom. The minimum atomic E-state index is 0.864. The lowest BCUT2D eigenvalue weighted by molar-refractivity contribution is 0.672. The van der Waals surface area contributed by atoms with Crippen molar-refractivity contribution in [2.75, 3.05) is 0 Å². The number of imidazole rings is 1. The van der Waals surface area contributed by atoms with E-state index in [1.807, 2.05) is 6.07 Å². The van der Waals surface area contributed by atoms with E-state index in [1.54, 1.807) is 0 Å². The third kappa shape index (κ3) is 4.55. The van der Waals surface area contributed by atoms with Gasteiger partial charge in [-0.3, -0.25) is 4.40 Å². The van der Waals surface area contributed by atoms with E-state index in [0.29, 0.717) is 0 Å². The van der Waals surface area contributed by atoms with Crippen LogP contribution in [0.3, 0.4) is 0 Å². The summed E-state index contributed by atoms with van der Waals surface area (Å²) in [7, 11) is 0. The number of rotatable bonds is 4. The first-order chi connectivity index (χ1) is 27.8. The van der Waals surface area contributed by atoms with Gasteiger partial charge in [-0.25, -0.2) is 4.98 Å². The molecule has 56 heavy (non-hydrogen) atoms. The molecule has 0 saturated carbocycles. The topological polar surface area (TPSA) is 30.4 Å². The van der Waals surface area contributed by atoms with Crippen LogP contribution in [0, 0.1) is 0 Å². The van der Waals surface area contributed by atoms with E-state index in [4.69, 9.17) is 9.40 Å². The molecule has 9 aromatic carbocycles. The standard InChI is InChI=1S/C53H32N2O/c1-2-12-33(13-3-1)34-22-26-36(27-23-34)49-39-14-4-6-16-41(39)50(42-17-7-5-15-40(42)49)37-28-24-35(25-29-37)38-30-31-48-45(32-38)51-52(56-48)43-18-8-9-19-44(43)53-54-46-20-10-11-21-47(46)55(51)53/h1-32H. The minimum Gasteiger partial charge on any atom is -0.454 e. The van der Waals surface area contributed by atoms with E-state index in [9.17, 15) is 0 Å². The fourth-order valence-corrected chi connectivity index (χ4v) is 9.02. The Bertz CT molecular complexity index is 3440. The van der Waals surface area contributed by atoms with Gasteiger partial charge in [0.25, 0.3) is 0 Å². The quantitative estimate of drug-likeness (QED) is 0.170. The summed E-state index contributed by atoms with van der Waals surface area (Å²) in [5.74, 6) is 0. The molecule has 12 aromatic rings. The number of para-hydroxylation sites is 2. The highest BCUT2D eigenvalue weighted by Gasteiger charge is 2.20. The summed E-state index contributed by atoms with van der Waals surface area (Å²) in [5, 5.41) is 8.22. The van der Waals surface area contributed by atoms with Crippen LogP contribution in [0.5, 0.6) is 0 Å². The van der Waals surface area contributed by atoms with Crippen molar-refractivity contribution in [3.63, 3.8) is 0 Å². The fourth-order valence-electron chi connectivity index (χ4n) is 9.02. The first-order valence-corrected chi connectivity index (χ1v) is 19.1. The molecule has 0 spiro atoms. The predicted octanol–water partition coefficient (Wildman–Crippen LogP) is 14.5. The van der Waals surface area contributed by atoms with E-state index in [1.165, 1.54) is 54.9 Å². The lowest BCUT2D eigenvalue weighted by Gasteiger charge is -2.18. The second-order valence-electron chi connectivity index (χ2n) is 14.7. The molecule has 0 aliphatic heterocycles. The molecule has 3 aromatic heterocycles. The van der Waals surface area contributed by atoms with Crippen LogP contribution in [0.25, 0.3) is 116 Å². The molecule has 3 heteroatoms. The van der Waals surface area contributed by atoms with Gasteiger partial charge in [-0.05, 0) is 90.3 Å². The van der Waals surface area contributed by atoms with Crippen LogP contribution in [0.15, 0.2) is 199 Å². The molecule has 0 radical (unpaired) electrons. The summed E-state index contributed by atoms with van der Waals surface area (Å²) >= 11 is 0. The van der Waals surface area contributed by atoms with Crippen molar-refractivity contribution >= 4 is 71.1 Å². The molecule has 0 atom stereocenters. The maximum Gasteiger partial charge on any atom is 0.160 e. The summed E-state index contributed by atoms with van der Waals surface area (Å²) in [6, 6.07) is 69.8. The lowest BCUT2D eigenvalue weighted by atomic mass is 9.85. The Hall–Kier alpha value is -7.49. The number of pyridine rings is 1. The Labute approximate surface area is 322 Å². The molecule has 0 amide bonds. The van der Waals surface area contributed by atoms with Gasteiger partial charge in [0.15, 0.2) is 5.58 Å². The SMILES string of the molecule is c1ccc(-c2ccc(-c3c4ccccc4c(-c4ccc(-c5ccc6oc7c8ccccc8c8nc9ccccc9n8c7c6c5)cc4)c4ccccc34)cc2)cc1. The number of benzene rings is 9. The first-order valence-electron chi connectivity index (χ1n) is 19.1. The maximum atomic E-state index is 6.66. The molecule has 260 valence electrons. The van der Waals surface area contributed by atoms with Crippen molar-refractivity contribution in [2.45, 2.75) is 0 Å². The normalized spacial score (nSPS) is 11.9. The molecular formula is C53H32N2O. The summed E-state index contributed by atoms with van der Waals surface area (Å²) in [6.07, 6.45) is 0. The Balaban J connectivity index is 1.01. The Morgan fingerprint density at radius 3 is 1.45 bits per heavy atom. The number of nitrogens with zero attached hydrogens (tertiary/aromatic N) is 2. The van der Waals surface area contributed by atoms with Gasteiger partial charge in [-0.1, -0.05) is 170 Å². The van der Waals surface area contributed by atoms with Gasteiger partial charge in [0.05, 0.1) is 11.0 Å². The highest BCUT2D eigenvalue weighted by Crippen LogP contribution is 2.45. The molecular weight excluding hydrogens is 681 g/mol. The van der Waals surface area contributed by atoms with Crippen molar-refractivity contribution < 1.29 is 4.42 Å². The van der Waals surface area contributed by atoms with Crippen LogP contribution >= 0.6 is 0 Å². The van der Waals surface area contributed by atoms with E-state index in [0.717, 1.165) is 60.6 Å². The molecule has 0 fully saturated rings. The molecule has 0 bridgehead atoms. The van der Waals surface area contributed by atoms with Gasteiger partial charge in [0.1, 0.15) is 16.7 Å². The second-order valence-corrected chi connectivity index (χ2v) is 14.7. The van der Waals surface area contributed by atoms with Gasteiger partial charge in [-0.2, -0.15) is 0 Å². The highest BCUT2D eigenvalue weighted by molar-refractivity contribution is 6.22. The molecule has 0 saturated heterocycles. The van der Waals surface area contributed by atoms with E-state index in [-0.39, 0.29) is 0 Å². The first kappa shape index (κ1) is 30.9. The van der Waals surface area contributed by atoms with E-state index >= 15 is 0 Å². The van der Waals surface area contributed by atoms with Crippen LogP contribution in [-0.4, -0.2) is 9.38 Å². The van der Waals surface area contributed by atoms with Gasteiger partial charge in [0, 0.05) is 16.2 Å². The van der Waals surface area contributed by atoms with Crippen LogP contribution in [-0.2, 0) is 0 Å². The summed E-state index contributed by atoms with van der Waals surface area (Å²) in [5.41, 5.74) is 15.5. The van der Waals surface area contributed by atoms with Crippen molar-refractivity contribution in [1.29, 1.82) is 0 Å². The largest absolute Gasteiger partial charge is 0.454 e. The zero-order valence-electron chi connectivity index (χ0n) is 30.3. The smallest absolute Gasteiger partial charge is 0.160 e. The molecule has 12 rings (SSSR count). The van der Waals surface area contributed by atoms with Gasteiger partial charge in [-0.15, -0.1) is 0 Å². The van der Waals surface area contributed by atoms with Crippen molar-refractivity contribution in [1.82, 2.24) is 9.38 Å². The zero-order chi connectivity index (χ0) is 36.7. The van der Waals surface area contributed by atoms with Gasteiger partial charge >= 0.3 is 0 Å². The average molecular weight is 713 g/mol. The fraction of sp³-hybridized carbons (Fsp3) is 0. The van der Waals surface area contributed by atoms with Crippen molar-refractivity contribution in [3.8, 4) is 44.5 Å². The molecule has 3 nitrogen and oxygen atoms in total. The van der Waals surface area contributed by atoms with Gasteiger partial charge < -0.3 is 4.42 Å². The number of hydrogen-bond acceptors (Lipinski definition) is 2. The minimum absolute atomic E-state index is 0.864. The number of furan rings is 1. The summed E-state index contributed by atoms with van der Waals surface area (Å²) in [6.45, 7) is 0. The molecule has 0 N–H and O–H groups in total. The monoisotopic (exact) mass is 712 g/mol. The summed E-state index contributed by atoms with van der Waals surface area (Å²) in [4.78, 5) is 5.10. The van der Waals surface area contributed by atoms with Crippen molar-refractivity contribution in [2.24, 2.45) is 0 Å². The van der Waals surface area contributed by atoms with Crippen LogP contribution in [0.4, 0.5) is 0 Å². The third-order valence-electron chi connectivity index (χ3n) is 11.6. The number of fused-ring (bicyclic) bond motifs is 12. The lowest BCUT2D eigenvalue weighted by Crippen LogP contribution is -1.91. The summed E-state index contributed by atoms with van der Waals surface area (Å²) < 4.78 is 8.94. The second kappa shape index (κ2) is 12.0. The molecule has 3 heterocycles. The van der Waals surface area contributed by atoms with Crippen LogP contribution in [0.2, 0.25) is 0 Å². The highest BCUT2D eigenvalue weighted by atomic mass is 16.3.